The first-order valence-corrected chi connectivity index (χ1v) is 8.10. The number of thiazole rings is 1. The average molecular weight is 293 g/mol. The van der Waals surface area contributed by atoms with E-state index in [-0.39, 0.29) is 5.91 Å². The third-order valence-corrected chi connectivity index (χ3v) is 5.02. The van der Waals surface area contributed by atoms with Crippen LogP contribution >= 0.6 is 22.7 Å². The van der Waals surface area contributed by atoms with Crippen molar-refractivity contribution >= 4 is 28.6 Å². The van der Waals surface area contributed by atoms with Crippen LogP contribution in [0.25, 0.3) is 9.88 Å². The molecule has 0 aliphatic carbocycles. The highest BCUT2D eigenvalue weighted by molar-refractivity contribution is 7.20. The fourth-order valence-corrected chi connectivity index (χ4v) is 3.74. The molecule has 1 aliphatic rings. The first-order valence-electron chi connectivity index (χ1n) is 6.34. The van der Waals surface area contributed by atoms with Crippen molar-refractivity contribution in [1.29, 1.82) is 0 Å². The quantitative estimate of drug-likeness (QED) is 0.910. The van der Waals surface area contributed by atoms with Crippen LogP contribution in [0.5, 0.6) is 0 Å². The van der Waals surface area contributed by atoms with E-state index in [1.54, 1.807) is 11.3 Å². The number of thiophene rings is 1. The Morgan fingerprint density at radius 2 is 2.47 bits per heavy atom. The lowest BCUT2D eigenvalue weighted by Gasteiger charge is -2.10. The Kier molecular flexibility index (Phi) is 3.91. The first-order chi connectivity index (χ1) is 9.33. The summed E-state index contributed by atoms with van der Waals surface area (Å²) in [6.45, 7) is 1.74. The van der Waals surface area contributed by atoms with Gasteiger partial charge in [0.25, 0.3) is 5.91 Å². The van der Waals surface area contributed by atoms with E-state index in [9.17, 15) is 4.79 Å². The van der Waals surface area contributed by atoms with Crippen molar-refractivity contribution < 1.29 is 4.79 Å². The number of amides is 1. The van der Waals surface area contributed by atoms with E-state index in [2.05, 4.69) is 15.6 Å². The van der Waals surface area contributed by atoms with E-state index in [4.69, 9.17) is 0 Å². The van der Waals surface area contributed by atoms with Gasteiger partial charge in [-0.15, -0.1) is 22.7 Å². The van der Waals surface area contributed by atoms with Gasteiger partial charge in [-0.1, -0.05) is 6.07 Å². The Morgan fingerprint density at radius 3 is 3.21 bits per heavy atom. The number of hydrogen-bond acceptors (Lipinski definition) is 5. The molecule has 0 radical (unpaired) electrons. The first kappa shape index (κ1) is 12.8. The molecule has 1 saturated heterocycles. The Bertz CT molecular complexity index is 544. The fraction of sp³-hybridized carbons (Fsp3) is 0.385. The van der Waals surface area contributed by atoms with E-state index >= 15 is 0 Å². The molecule has 6 heteroatoms. The molecule has 3 heterocycles. The molecule has 2 N–H and O–H groups in total. The van der Waals surface area contributed by atoms with Crippen molar-refractivity contribution in [2.45, 2.75) is 18.9 Å². The smallest absolute Gasteiger partial charge is 0.270 e. The van der Waals surface area contributed by atoms with Gasteiger partial charge < -0.3 is 10.6 Å². The molecule has 2 aromatic rings. The second-order valence-electron chi connectivity index (χ2n) is 4.52. The lowest BCUT2D eigenvalue weighted by atomic mass is 10.2. The minimum atomic E-state index is -0.0762. The average Bonchev–Trinajstić information content (AvgIpc) is 3.14. The molecule has 0 spiro atoms. The lowest BCUT2D eigenvalue weighted by Crippen LogP contribution is -2.37. The van der Waals surface area contributed by atoms with Crippen molar-refractivity contribution in [3.8, 4) is 9.88 Å². The summed E-state index contributed by atoms with van der Waals surface area (Å²) in [6.07, 6.45) is 2.33. The van der Waals surface area contributed by atoms with Gasteiger partial charge in [-0.05, 0) is 30.8 Å². The molecule has 1 unspecified atom stereocenters. The van der Waals surface area contributed by atoms with Gasteiger partial charge in [0.05, 0.1) is 4.88 Å². The molecule has 1 aliphatic heterocycles. The number of aromatic nitrogens is 1. The fourth-order valence-electron chi connectivity index (χ4n) is 2.13. The van der Waals surface area contributed by atoms with Crippen LogP contribution in [0.1, 0.15) is 23.3 Å². The maximum Gasteiger partial charge on any atom is 0.270 e. The number of carbonyl (C=O) groups is 1. The predicted octanol–water partition coefficient (Wildman–Crippen LogP) is 2.35. The van der Waals surface area contributed by atoms with E-state index in [0.717, 1.165) is 22.9 Å². The van der Waals surface area contributed by atoms with Crippen LogP contribution in [0.2, 0.25) is 0 Å². The summed E-state index contributed by atoms with van der Waals surface area (Å²) in [4.78, 5) is 17.5. The number of carbonyl (C=O) groups excluding carboxylic acids is 1. The molecular formula is C13H15N3OS2. The zero-order chi connectivity index (χ0) is 13.1. The molecule has 19 heavy (non-hydrogen) atoms. The lowest BCUT2D eigenvalue weighted by molar-refractivity contribution is 0.0946. The zero-order valence-electron chi connectivity index (χ0n) is 10.4. The molecule has 1 atom stereocenters. The second kappa shape index (κ2) is 5.81. The third kappa shape index (κ3) is 3.02. The van der Waals surface area contributed by atoms with Crippen LogP contribution in [0.3, 0.4) is 0 Å². The Hall–Kier alpha value is -1.24. The molecule has 2 aromatic heterocycles. The van der Waals surface area contributed by atoms with Crippen molar-refractivity contribution in [1.82, 2.24) is 15.6 Å². The van der Waals surface area contributed by atoms with Crippen molar-refractivity contribution in [3.63, 3.8) is 0 Å². The highest BCUT2D eigenvalue weighted by Gasteiger charge is 2.17. The van der Waals surface area contributed by atoms with Crippen LogP contribution in [0, 0.1) is 0 Å². The molecule has 1 fully saturated rings. The van der Waals surface area contributed by atoms with Gasteiger partial charge in [-0.2, -0.15) is 0 Å². The Labute approximate surface area is 119 Å². The minimum Gasteiger partial charge on any atom is -0.349 e. The van der Waals surface area contributed by atoms with E-state index in [1.807, 2.05) is 22.9 Å². The minimum absolute atomic E-state index is 0.0762. The van der Waals surface area contributed by atoms with Gasteiger partial charge in [0, 0.05) is 18.0 Å². The monoisotopic (exact) mass is 293 g/mol. The van der Waals surface area contributed by atoms with Gasteiger partial charge in [0.15, 0.2) is 0 Å². The summed E-state index contributed by atoms with van der Waals surface area (Å²) >= 11 is 3.16. The number of hydrogen-bond donors (Lipinski definition) is 2. The van der Waals surface area contributed by atoms with Gasteiger partial charge in [0.2, 0.25) is 0 Å². The summed E-state index contributed by atoms with van der Waals surface area (Å²) in [5.74, 6) is -0.0762. The SMILES string of the molecule is O=C(NCC1CCCN1)c1csc(-c2cccs2)n1. The summed E-state index contributed by atoms with van der Waals surface area (Å²) in [7, 11) is 0. The Morgan fingerprint density at radius 1 is 1.53 bits per heavy atom. The zero-order valence-corrected chi connectivity index (χ0v) is 12.0. The van der Waals surface area contributed by atoms with Gasteiger partial charge >= 0.3 is 0 Å². The molecule has 0 saturated carbocycles. The Balaban J connectivity index is 1.60. The van der Waals surface area contributed by atoms with Crippen LogP contribution in [0.4, 0.5) is 0 Å². The molecular weight excluding hydrogens is 278 g/mol. The van der Waals surface area contributed by atoms with E-state index in [0.29, 0.717) is 18.3 Å². The summed E-state index contributed by atoms with van der Waals surface area (Å²) in [6, 6.07) is 4.43. The van der Waals surface area contributed by atoms with Gasteiger partial charge in [-0.3, -0.25) is 4.79 Å². The molecule has 4 nitrogen and oxygen atoms in total. The molecule has 100 valence electrons. The van der Waals surface area contributed by atoms with Crippen molar-refractivity contribution in [2.24, 2.45) is 0 Å². The standard InChI is InChI=1S/C13H15N3OS2/c17-12(15-7-9-3-1-5-14-9)10-8-19-13(16-10)11-4-2-6-18-11/h2,4,6,8-9,14H,1,3,5,7H2,(H,15,17). The summed E-state index contributed by atoms with van der Waals surface area (Å²) in [5, 5.41) is 11.1. The normalized spacial score (nSPS) is 18.6. The number of rotatable bonds is 4. The van der Waals surface area contributed by atoms with Gasteiger partial charge in [-0.25, -0.2) is 4.98 Å². The summed E-state index contributed by atoms with van der Waals surface area (Å²) < 4.78 is 0. The van der Waals surface area contributed by atoms with E-state index < -0.39 is 0 Å². The van der Waals surface area contributed by atoms with Crippen LogP contribution < -0.4 is 10.6 Å². The largest absolute Gasteiger partial charge is 0.349 e. The maximum absolute atomic E-state index is 12.0. The van der Waals surface area contributed by atoms with Crippen LogP contribution in [-0.2, 0) is 0 Å². The summed E-state index contributed by atoms with van der Waals surface area (Å²) in [5.41, 5.74) is 0.520. The maximum atomic E-state index is 12.0. The molecule has 0 aromatic carbocycles. The molecule has 0 bridgehead atoms. The van der Waals surface area contributed by atoms with Crippen molar-refractivity contribution in [2.75, 3.05) is 13.1 Å². The molecule has 3 rings (SSSR count). The second-order valence-corrected chi connectivity index (χ2v) is 6.32. The van der Waals surface area contributed by atoms with Crippen LogP contribution in [-0.4, -0.2) is 30.0 Å². The highest BCUT2D eigenvalue weighted by Crippen LogP contribution is 2.27. The van der Waals surface area contributed by atoms with Crippen LogP contribution in [0.15, 0.2) is 22.9 Å². The van der Waals surface area contributed by atoms with E-state index in [1.165, 1.54) is 17.8 Å². The highest BCUT2D eigenvalue weighted by atomic mass is 32.1. The third-order valence-electron chi connectivity index (χ3n) is 3.14. The van der Waals surface area contributed by atoms with Gasteiger partial charge in [0.1, 0.15) is 10.7 Å². The molecule has 1 amide bonds. The predicted molar refractivity (Wildman–Crippen MR) is 78.8 cm³/mol. The number of nitrogens with one attached hydrogen (secondary N) is 2. The number of nitrogens with zero attached hydrogens (tertiary/aromatic N) is 1. The topological polar surface area (TPSA) is 54.0 Å². The van der Waals surface area contributed by atoms with Crippen molar-refractivity contribution in [3.05, 3.63) is 28.6 Å².